The molecule has 1 fully saturated rings. The molecule has 1 rings (SSSR count). The predicted octanol–water partition coefficient (Wildman–Crippen LogP) is 2.44. The van der Waals surface area contributed by atoms with Crippen LogP contribution in [0.4, 0.5) is 0 Å². The zero-order valence-electron chi connectivity index (χ0n) is 12.9. The molecule has 1 heterocycles. The van der Waals surface area contributed by atoms with Crippen molar-refractivity contribution in [1.82, 2.24) is 15.5 Å². The van der Waals surface area contributed by atoms with Crippen molar-refractivity contribution in [2.45, 2.75) is 58.5 Å². The Morgan fingerprint density at radius 1 is 1.37 bits per heavy atom. The fraction of sp³-hybridized carbons (Fsp3) is 0.929. The Kier molecular flexibility index (Phi) is 10.7. The summed E-state index contributed by atoms with van der Waals surface area (Å²) >= 11 is 0. The molecule has 114 valence electrons. The second-order valence-corrected chi connectivity index (χ2v) is 5.53. The summed E-state index contributed by atoms with van der Waals surface area (Å²) in [7, 11) is 1.82. The Morgan fingerprint density at radius 2 is 2.11 bits per heavy atom. The number of likely N-dealkylation sites (tertiary alicyclic amines) is 1. The summed E-state index contributed by atoms with van der Waals surface area (Å²) in [6.07, 6.45) is 5.32. The highest BCUT2D eigenvalue weighted by Crippen LogP contribution is 2.15. The van der Waals surface area contributed by atoms with Crippen LogP contribution < -0.4 is 10.6 Å². The Balaban J connectivity index is 0.00000324. The summed E-state index contributed by atoms with van der Waals surface area (Å²) in [5.41, 5.74) is 0. The third-order valence-electron chi connectivity index (χ3n) is 3.50. The van der Waals surface area contributed by atoms with Crippen molar-refractivity contribution in [1.29, 1.82) is 0 Å². The van der Waals surface area contributed by atoms with Crippen molar-refractivity contribution in [3.05, 3.63) is 0 Å². The molecule has 0 aromatic rings. The molecule has 0 spiro atoms. The fourth-order valence-corrected chi connectivity index (χ4v) is 2.45. The largest absolute Gasteiger partial charge is 0.356 e. The van der Waals surface area contributed by atoms with E-state index in [2.05, 4.69) is 41.3 Å². The second-order valence-electron chi connectivity index (χ2n) is 5.53. The lowest BCUT2D eigenvalue weighted by Crippen LogP contribution is -2.43. The minimum atomic E-state index is 0. The number of halogens is 1. The van der Waals surface area contributed by atoms with Crippen molar-refractivity contribution in [2.75, 3.05) is 26.7 Å². The Bertz CT molecular complexity index is 256. The van der Waals surface area contributed by atoms with Crippen molar-refractivity contribution < 1.29 is 0 Å². The number of nitrogens with one attached hydrogen (secondary N) is 2. The first kappa shape index (κ1) is 19.0. The molecule has 0 aliphatic carbocycles. The molecule has 0 bridgehead atoms. The average Bonchev–Trinajstić information content (AvgIpc) is 2.34. The third kappa shape index (κ3) is 7.97. The van der Waals surface area contributed by atoms with Crippen LogP contribution in [0.1, 0.15) is 46.5 Å². The Labute approximate surface area is 135 Å². The van der Waals surface area contributed by atoms with Crippen LogP contribution in [0.5, 0.6) is 0 Å². The maximum Gasteiger partial charge on any atom is 0.191 e. The van der Waals surface area contributed by atoms with E-state index in [0.29, 0.717) is 6.04 Å². The van der Waals surface area contributed by atoms with Crippen LogP contribution in [0.2, 0.25) is 0 Å². The zero-order valence-corrected chi connectivity index (χ0v) is 15.2. The van der Waals surface area contributed by atoms with Crippen LogP contribution in [0.15, 0.2) is 4.99 Å². The van der Waals surface area contributed by atoms with Gasteiger partial charge in [-0.15, -0.1) is 24.0 Å². The normalized spacial score (nSPS) is 21.1. The van der Waals surface area contributed by atoms with Gasteiger partial charge >= 0.3 is 0 Å². The SMILES string of the molecule is CN=C(NCCCN1CCCCC1C)NC(C)C.I. The molecule has 5 heteroatoms. The van der Waals surface area contributed by atoms with Crippen molar-refractivity contribution in [2.24, 2.45) is 4.99 Å². The topological polar surface area (TPSA) is 39.7 Å². The number of nitrogens with zero attached hydrogens (tertiary/aromatic N) is 2. The van der Waals surface area contributed by atoms with Crippen molar-refractivity contribution in [3.63, 3.8) is 0 Å². The fourth-order valence-electron chi connectivity index (χ4n) is 2.45. The van der Waals surface area contributed by atoms with Gasteiger partial charge in [-0.25, -0.2) is 0 Å². The Morgan fingerprint density at radius 3 is 2.68 bits per heavy atom. The first-order valence-corrected chi connectivity index (χ1v) is 7.34. The van der Waals surface area contributed by atoms with Gasteiger partial charge in [-0.1, -0.05) is 6.42 Å². The molecule has 2 N–H and O–H groups in total. The van der Waals surface area contributed by atoms with Gasteiger partial charge in [0.25, 0.3) is 0 Å². The molecule has 0 aromatic carbocycles. The van der Waals surface area contributed by atoms with Crippen LogP contribution in [0.3, 0.4) is 0 Å². The number of rotatable bonds is 5. The lowest BCUT2D eigenvalue weighted by atomic mass is 10.0. The monoisotopic (exact) mass is 382 g/mol. The Hall–Kier alpha value is -0.0400. The summed E-state index contributed by atoms with van der Waals surface area (Å²) in [6, 6.07) is 1.20. The van der Waals surface area contributed by atoms with Crippen LogP contribution >= 0.6 is 24.0 Å². The van der Waals surface area contributed by atoms with E-state index in [1.165, 1.54) is 38.8 Å². The van der Waals surface area contributed by atoms with Crippen LogP contribution in [-0.4, -0.2) is 49.6 Å². The van der Waals surface area contributed by atoms with E-state index in [1.807, 2.05) is 7.05 Å². The van der Waals surface area contributed by atoms with Gasteiger partial charge in [-0.05, 0) is 46.6 Å². The minimum Gasteiger partial charge on any atom is -0.356 e. The third-order valence-corrected chi connectivity index (χ3v) is 3.50. The molecule has 1 aliphatic heterocycles. The minimum absolute atomic E-state index is 0. The first-order chi connectivity index (χ1) is 8.63. The van der Waals surface area contributed by atoms with Gasteiger partial charge in [0, 0.05) is 32.2 Å². The molecule has 1 aliphatic rings. The smallest absolute Gasteiger partial charge is 0.191 e. The summed E-state index contributed by atoms with van der Waals surface area (Å²) in [5.74, 6) is 0.914. The molecule has 0 amide bonds. The highest BCUT2D eigenvalue weighted by atomic mass is 127. The molecule has 19 heavy (non-hydrogen) atoms. The summed E-state index contributed by atoms with van der Waals surface area (Å²) in [6.45, 7) is 10.1. The van der Waals surface area contributed by atoms with Crippen molar-refractivity contribution in [3.8, 4) is 0 Å². The molecule has 1 unspecified atom stereocenters. The van der Waals surface area contributed by atoms with E-state index in [0.717, 1.165) is 18.5 Å². The molecule has 1 atom stereocenters. The summed E-state index contributed by atoms with van der Waals surface area (Å²) in [5, 5.41) is 6.67. The first-order valence-electron chi connectivity index (χ1n) is 7.34. The molecule has 0 radical (unpaired) electrons. The van der Waals surface area contributed by atoms with Gasteiger partial charge in [-0.3, -0.25) is 4.99 Å². The van der Waals surface area contributed by atoms with Crippen LogP contribution in [-0.2, 0) is 0 Å². The molecular formula is C14H31IN4. The number of hydrogen-bond acceptors (Lipinski definition) is 2. The van der Waals surface area contributed by atoms with E-state index in [9.17, 15) is 0 Å². The average molecular weight is 382 g/mol. The molecule has 0 aromatic heterocycles. The molecule has 0 saturated carbocycles. The standard InChI is InChI=1S/C14H30N4.HI/c1-12(2)17-14(15-4)16-9-7-11-18-10-6-5-8-13(18)3;/h12-13H,5-11H2,1-4H3,(H2,15,16,17);1H. The second kappa shape index (κ2) is 10.7. The van der Waals surface area contributed by atoms with Gasteiger partial charge in [-0.2, -0.15) is 0 Å². The number of aliphatic imine (C=N–C) groups is 1. The van der Waals surface area contributed by atoms with Gasteiger partial charge in [0.2, 0.25) is 0 Å². The van der Waals surface area contributed by atoms with Crippen LogP contribution in [0, 0.1) is 0 Å². The predicted molar refractivity (Wildman–Crippen MR) is 94.6 cm³/mol. The lowest BCUT2D eigenvalue weighted by Gasteiger charge is -2.33. The molecule has 1 saturated heterocycles. The van der Waals surface area contributed by atoms with E-state index in [1.54, 1.807) is 0 Å². The zero-order chi connectivity index (χ0) is 13.4. The van der Waals surface area contributed by atoms with E-state index in [4.69, 9.17) is 0 Å². The summed E-state index contributed by atoms with van der Waals surface area (Å²) in [4.78, 5) is 6.82. The van der Waals surface area contributed by atoms with Crippen LogP contribution in [0.25, 0.3) is 0 Å². The van der Waals surface area contributed by atoms with Gasteiger partial charge in [0.1, 0.15) is 0 Å². The lowest BCUT2D eigenvalue weighted by molar-refractivity contribution is 0.159. The van der Waals surface area contributed by atoms with E-state index in [-0.39, 0.29) is 24.0 Å². The number of hydrogen-bond donors (Lipinski definition) is 2. The highest BCUT2D eigenvalue weighted by Gasteiger charge is 2.16. The van der Waals surface area contributed by atoms with E-state index < -0.39 is 0 Å². The number of guanidine groups is 1. The molecule has 4 nitrogen and oxygen atoms in total. The van der Waals surface area contributed by atoms with Crippen molar-refractivity contribution >= 4 is 29.9 Å². The maximum absolute atomic E-state index is 4.21. The molecular weight excluding hydrogens is 351 g/mol. The quantitative estimate of drug-likeness (QED) is 0.332. The van der Waals surface area contributed by atoms with Gasteiger partial charge in [0.15, 0.2) is 5.96 Å². The summed E-state index contributed by atoms with van der Waals surface area (Å²) < 4.78 is 0. The van der Waals surface area contributed by atoms with Gasteiger partial charge < -0.3 is 15.5 Å². The number of piperidine rings is 1. The highest BCUT2D eigenvalue weighted by molar-refractivity contribution is 14.0. The maximum atomic E-state index is 4.21. The van der Waals surface area contributed by atoms with E-state index >= 15 is 0 Å². The van der Waals surface area contributed by atoms with Gasteiger partial charge in [0.05, 0.1) is 0 Å².